The van der Waals surface area contributed by atoms with Gasteiger partial charge in [-0.25, -0.2) is 30.3 Å². The fourth-order valence-corrected chi connectivity index (χ4v) is 5.66. The molecule has 0 atom stereocenters. The van der Waals surface area contributed by atoms with E-state index in [0.29, 0.717) is 0 Å². The fraction of sp³-hybridized carbons (Fsp3) is 0.220. The number of allylic oxidation sites excluding steroid dienone is 2. The summed E-state index contributed by atoms with van der Waals surface area (Å²) in [4.78, 5) is 0. The van der Waals surface area contributed by atoms with E-state index < -0.39 is 5.41 Å². The number of hydrogen-bond acceptors (Lipinski definition) is 0. The van der Waals surface area contributed by atoms with Gasteiger partial charge in [0.1, 0.15) is 0 Å². The van der Waals surface area contributed by atoms with Crippen molar-refractivity contribution in [2.75, 3.05) is 0 Å². The maximum absolute atomic E-state index is 3.70. The molecule has 0 fully saturated rings. The Morgan fingerprint density at radius 1 is 0.529 bits per heavy atom. The molecule has 0 heterocycles. The Labute approximate surface area is 328 Å². The molecule has 256 valence electrons. The minimum Gasteiger partial charge on any atom is -0.439 e. The van der Waals surface area contributed by atoms with Crippen molar-refractivity contribution in [3.63, 3.8) is 0 Å². The van der Waals surface area contributed by atoms with Crippen LogP contribution in [0.15, 0.2) is 169 Å². The van der Waals surface area contributed by atoms with Gasteiger partial charge in [-0.15, -0.1) is 18.1 Å². The van der Waals surface area contributed by atoms with Gasteiger partial charge in [0, 0.05) is 0 Å². The molecule has 0 N–H and O–H groups in total. The van der Waals surface area contributed by atoms with Gasteiger partial charge in [-0.05, 0) is 53.4 Å². The van der Waals surface area contributed by atoms with Crippen molar-refractivity contribution in [1.29, 1.82) is 0 Å². The van der Waals surface area contributed by atoms with Crippen LogP contribution in [0.2, 0.25) is 0 Å². The van der Waals surface area contributed by atoms with E-state index >= 15 is 0 Å². The molecule has 0 saturated carbocycles. The third kappa shape index (κ3) is 12.5. The summed E-state index contributed by atoms with van der Waals surface area (Å²) in [5.41, 5.74) is 15.2. The molecule has 51 heavy (non-hydrogen) atoms. The van der Waals surface area contributed by atoms with Gasteiger partial charge in [-0.1, -0.05) is 143 Å². The quantitative estimate of drug-likeness (QED) is 0.0744. The zero-order chi connectivity index (χ0) is 35.6. The SMILES string of the molecule is CCc1ccc(C(=[C-]C(C)=C=[C-]C(C)(c2ccc(CC)cc2)c2ccc(CC)cc2)c2ccc(CC)cc2)cc1.[Zr+4].c1cc[cH-]c1.c1cc[cH-]c1. The van der Waals surface area contributed by atoms with Crippen LogP contribution in [0, 0.1) is 12.2 Å². The summed E-state index contributed by atoms with van der Waals surface area (Å²) in [5, 5.41) is 0. The average Bonchev–Trinajstić information content (AvgIpc) is 3.97. The molecule has 0 amide bonds. The van der Waals surface area contributed by atoms with Crippen molar-refractivity contribution in [2.45, 2.75) is 72.6 Å². The maximum atomic E-state index is 3.70. The molecule has 0 spiro atoms. The first-order valence-electron chi connectivity index (χ1n) is 18.1. The average molecular weight is 744 g/mol. The van der Waals surface area contributed by atoms with Crippen LogP contribution >= 0.6 is 0 Å². The van der Waals surface area contributed by atoms with Crippen molar-refractivity contribution < 1.29 is 26.2 Å². The summed E-state index contributed by atoms with van der Waals surface area (Å²) in [6.45, 7) is 13.1. The van der Waals surface area contributed by atoms with Crippen LogP contribution in [-0.2, 0) is 57.3 Å². The van der Waals surface area contributed by atoms with E-state index in [1.165, 1.54) is 33.4 Å². The predicted octanol–water partition coefficient (Wildman–Crippen LogP) is 12.9. The normalized spacial score (nSPS) is 10.2. The van der Waals surface area contributed by atoms with Gasteiger partial charge in [0.25, 0.3) is 0 Å². The Balaban J connectivity index is 0.000000547. The molecule has 0 unspecified atom stereocenters. The molecular formula is C50H52Zr. The summed E-state index contributed by atoms with van der Waals surface area (Å²) in [6, 6.07) is 55.6. The number of hydrogen-bond donors (Lipinski definition) is 0. The Hall–Kier alpha value is -4.28. The Morgan fingerprint density at radius 2 is 0.843 bits per heavy atom. The summed E-state index contributed by atoms with van der Waals surface area (Å²) >= 11 is 0. The van der Waals surface area contributed by atoms with Crippen molar-refractivity contribution >= 4 is 5.57 Å². The van der Waals surface area contributed by atoms with Crippen LogP contribution in [-0.4, -0.2) is 0 Å². The maximum Gasteiger partial charge on any atom is 4.00 e. The molecule has 6 aromatic rings. The molecule has 1 heteroatoms. The zero-order valence-corrected chi connectivity index (χ0v) is 33.8. The van der Waals surface area contributed by atoms with Crippen LogP contribution in [0.3, 0.4) is 0 Å². The zero-order valence-electron chi connectivity index (χ0n) is 31.3. The third-order valence-electron chi connectivity index (χ3n) is 9.10. The van der Waals surface area contributed by atoms with Crippen LogP contribution in [0.4, 0.5) is 0 Å². The van der Waals surface area contributed by atoms with Crippen molar-refractivity contribution in [2.24, 2.45) is 0 Å². The monoisotopic (exact) mass is 742 g/mol. The summed E-state index contributed by atoms with van der Waals surface area (Å²) in [7, 11) is 0. The molecule has 6 aromatic carbocycles. The standard InChI is InChI=1S/C40H42.2C5H5.Zr/c1-7-31-11-19-35(20-12-31)39(36-21-13-32(8-2)14-22-36)29-30(5)27-28-40(6,37-23-15-33(9-3)16-24-37)38-25-17-34(10-4)18-26-38;2*1-2-4-5-3-1;/h11-26H,7-10H2,1-6H3;2*1-5H;/q-2;2*-1;+4. The smallest absolute Gasteiger partial charge is 0.439 e. The minimum atomic E-state index is -0.437. The molecule has 0 nitrogen and oxygen atoms in total. The van der Waals surface area contributed by atoms with E-state index in [4.69, 9.17) is 0 Å². The summed E-state index contributed by atoms with van der Waals surface area (Å²) in [6.07, 6.45) is 11.5. The Kier molecular flexibility index (Phi) is 17.6. The summed E-state index contributed by atoms with van der Waals surface area (Å²) < 4.78 is 0. The minimum absolute atomic E-state index is 0. The second kappa shape index (κ2) is 21.8. The Bertz CT molecular complexity index is 1720. The van der Waals surface area contributed by atoms with E-state index in [2.05, 4.69) is 156 Å². The van der Waals surface area contributed by atoms with E-state index in [0.717, 1.165) is 48.0 Å². The molecule has 0 radical (unpaired) electrons. The molecule has 0 aromatic heterocycles. The topological polar surface area (TPSA) is 0 Å². The number of aryl methyl sites for hydroxylation is 4. The molecular weight excluding hydrogens is 692 g/mol. The Morgan fingerprint density at radius 3 is 1.12 bits per heavy atom. The van der Waals surface area contributed by atoms with Crippen LogP contribution in [0.1, 0.15) is 86.1 Å². The van der Waals surface area contributed by atoms with Gasteiger partial charge in [0.05, 0.1) is 0 Å². The van der Waals surface area contributed by atoms with Gasteiger partial charge in [-0.3, -0.25) is 11.6 Å². The van der Waals surface area contributed by atoms with E-state index in [-0.39, 0.29) is 26.2 Å². The van der Waals surface area contributed by atoms with E-state index in [1.54, 1.807) is 0 Å². The molecule has 0 saturated heterocycles. The second-order valence-electron chi connectivity index (χ2n) is 12.6. The van der Waals surface area contributed by atoms with Crippen LogP contribution < -0.4 is 0 Å². The van der Waals surface area contributed by atoms with Gasteiger partial charge in [0.2, 0.25) is 0 Å². The first-order valence-corrected chi connectivity index (χ1v) is 18.1. The van der Waals surface area contributed by atoms with Crippen molar-refractivity contribution in [3.05, 3.63) is 226 Å². The first-order chi connectivity index (χ1) is 24.4. The largest absolute Gasteiger partial charge is 4.00 e. The molecule has 0 aliphatic heterocycles. The molecule has 0 aliphatic carbocycles. The van der Waals surface area contributed by atoms with Gasteiger partial charge >= 0.3 is 26.2 Å². The van der Waals surface area contributed by atoms with Crippen molar-refractivity contribution in [1.82, 2.24) is 0 Å². The van der Waals surface area contributed by atoms with Crippen LogP contribution in [0.5, 0.6) is 0 Å². The van der Waals surface area contributed by atoms with Crippen LogP contribution in [0.25, 0.3) is 5.57 Å². The number of benzene rings is 4. The van der Waals surface area contributed by atoms with Gasteiger partial charge in [0.15, 0.2) is 0 Å². The second-order valence-corrected chi connectivity index (χ2v) is 12.6. The third-order valence-corrected chi connectivity index (χ3v) is 9.10. The van der Waals surface area contributed by atoms with Gasteiger partial charge < -0.3 is 5.73 Å². The predicted molar refractivity (Wildman–Crippen MR) is 215 cm³/mol. The fourth-order valence-electron chi connectivity index (χ4n) is 5.66. The van der Waals surface area contributed by atoms with Crippen molar-refractivity contribution in [3.8, 4) is 0 Å². The first kappa shape index (κ1) is 41.1. The molecule has 0 aliphatic rings. The number of rotatable bonds is 10. The molecule has 6 rings (SSSR count). The summed E-state index contributed by atoms with van der Waals surface area (Å²) in [5.74, 6) is 0. The van der Waals surface area contributed by atoms with E-state index in [1.807, 2.05) is 60.7 Å². The molecule has 0 bridgehead atoms. The van der Waals surface area contributed by atoms with Gasteiger partial charge in [-0.2, -0.15) is 42.0 Å². The van der Waals surface area contributed by atoms with E-state index in [9.17, 15) is 0 Å².